The summed E-state index contributed by atoms with van der Waals surface area (Å²) in [5.41, 5.74) is 5.56. The summed E-state index contributed by atoms with van der Waals surface area (Å²) in [5, 5.41) is 0. The van der Waals surface area contributed by atoms with Crippen molar-refractivity contribution in [1.82, 2.24) is 0 Å². The zero-order chi connectivity index (χ0) is 12.0. The molecule has 0 saturated carbocycles. The van der Waals surface area contributed by atoms with Gasteiger partial charge in [-0.25, -0.2) is 0 Å². The second-order valence-corrected chi connectivity index (χ2v) is 4.68. The van der Waals surface area contributed by atoms with Gasteiger partial charge in [-0.1, -0.05) is 44.1 Å². The van der Waals surface area contributed by atoms with E-state index < -0.39 is 0 Å². The average Bonchev–Trinajstić information content (AvgIpc) is 2.25. The van der Waals surface area contributed by atoms with Crippen LogP contribution in [0.15, 0.2) is 18.2 Å². The van der Waals surface area contributed by atoms with Crippen molar-refractivity contribution in [3.63, 3.8) is 0 Å². The second-order valence-electron chi connectivity index (χ2n) is 4.68. The molecule has 0 aliphatic carbocycles. The molecule has 0 saturated heterocycles. The summed E-state index contributed by atoms with van der Waals surface area (Å²) in [6.45, 7) is 8.82. The standard InChI is InChI=1S/C16H24/c1-5-6-7-8-9-10-16-11-13(2)15(4)14(3)12-16/h9-12H,5-8H2,1-4H3. The van der Waals surface area contributed by atoms with Crippen molar-refractivity contribution in [1.29, 1.82) is 0 Å². The summed E-state index contributed by atoms with van der Waals surface area (Å²) in [5.74, 6) is 0. The van der Waals surface area contributed by atoms with Crippen LogP contribution in [-0.4, -0.2) is 0 Å². The highest BCUT2D eigenvalue weighted by Crippen LogP contribution is 2.16. The van der Waals surface area contributed by atoms with Crippen LogP contribution in [0.5, 0.6) is 0 Å². The van der Waals surface area contributed by atoms with E-state index in [1.54, 1.807) is 0 Å². The zero-order valence-corrected chi connectivity index (χ0v) is 11.1. The molecule has 0 radical (unpaired) electrons. The molecule has 0 spiro atoms. The first-order valence-electron chi connectivity index (χ1n) is 6.39. The average molecular weight is 216 g/mol. The Morgan fingerprint density at radius 3 is 2.19 bits per heavy atom. The highest BCUT2D eigenvalue weighted by Gasteiger charge is 1.98. The van der Waals surface area contributed by atoms with Gasteiger partial charge in [0.05, 0.1) is 0 Å². The van der Waals surface area contributed by atoms with Crippen LogP contribution in [-0.2, 0) is 0 Å². The minimum Gasteiger partial charge on any atom is -0.0839 e. The lowest BCUT2D eigenvalue weighted by Gasteiger charge is -2.06. The minimum atomic E-state index is 1.21. The van der Waals surface area contributed by atoms with Crippen molar-refractivity contribution in [2.24, 2.45) is 0 Å². The van der Waals surface area contributed by atoms with Gasteiger partial charge >= 0.3 is 0 Å². The lowest BCUT2D eigenvalue weighted by Crippen LogP contribution is -1.87. The van der Waals surface area contributed by atoms with Crippen LogP contribution in [0.4, 0.5) is 0 Å². The quantitative estimate of drug-likeness (QED) is 0.593. The van der Waals surface area contributed by atoms with Gasteiger partial charge in [-0.2, -0.15) is 0 Å². The Morgan fingerprint density at radius 2 is 1.62 bits per heavy atom. The van der Waals surface area contributed by atoms with Gasteiger partial charge in [0.15, 0.2) is 0 Å². The first kappa shape index (κ1) is 13.0. The molecular weight excluding hydrogens is 192 g/mol. The number of unbranched alkanes of at least 4 members (excludes halogenated alkanes) is 3. The Morgan fingerprint density at radius 1 is 1.00 bits per heavy atom. The molecule has 0 aliphatic heterocycles. The van der Waals surface area contributed by atoms with E-state index in [2.05, 4.69) is 52.0 Å². The zero-order valence-electron chi connectivity index (χ0n) is 11.1. The molecule has 0 fully saturated rings. The summed E-state index contributed by atoms with van der Waals surface area (Å²) in [6, 6.07) is 4.55. The summed E-state index contributed by atoms with van der Waals surface area (Å²) in [6.07, 6.45) is 9.73. The van der Waals surface area contributed by atoms with Gasteiger partial charge in [0.25, 0.3) is 0 Å². The van der Waals surface area contributed by atoms with E-state index >= 15 is 0 Å². The smallest absolute Gasteiger partial charge is 0.0254 e. The fraction of sp³-hybridized carbons (Fsp3) is 0.500. The van der Waals surface area contributed by atoms with Crippen molar-refractivity contribution in [2.75, 3.05) is 0 Å². The van der Waals surface area contributed by atoms with Crippen LogP contribution in [0.25, 0.3) is 6.08 Å². The third-order valence-electron chi connectivity index (χ3n) is 3.23. The van der Waals surface area contributed by atoms with Crippen LogP contribution in [0.3, 0.4) is 0 Å². The van der Waals surface area contributed by atoms with Crippen molar-refractivity contribution >= 4 is 6.08 Å². The third kappa shape index (κ3) is 3.84. The molecule has 16 heavy (non-hydrogen) atoms. The molecule has 0 aromatic heterocycles. The molecule has 0 atom stereocenters. The molecular formula is C16H24. The molecule has 1 aromatic rings. The van der Waals surface area contributed by atoms with Gasteiger partial charge in [0, 0.05) is 0 Å². The number of hydrogen-bond acceptors (Lipinski definition) is 0. The third-order valence-corrected chi connectivity index (χ3v) is 3.23. The van der Waals surface area contributed by atoms with Gasteiger partial charge in [-0.3, -0.25) is 0 Å². The van der Waals surface area contributed by atoms with Crippen LogP contribution in [0.2, 0.25) is 0 Å². The summed E-state index contributed by atoms with van der Waals surface area (Å²) < 4.78 is 0. The number of hydrogen-bond donors (Lipinski definition) is 0. The predicted octanol–water partition coefficient (Wildman–Crippen LogP) is 5.21. The molecule has 0 nitrogen and oxygen atoms in total. The number of rotatable bonds is 5. The predicted molar refractivity (Wildman–Crippen MR) is 73.8 cm³/mol. The monoisotopic (exact) mass is 216 g/mol. The number of benzene rings is 1. The molecule has 0 unspecified atom stereocenters. The summed E-state index contributed by atoms with van der Waals surface area (Å²) in [4.78, 5) is 0. The first-order valence-corrected chi connectivity index (χ1v) is 6.39. The molecule has 0 N–H and O–H groups in total. The molecule has 0 amide bonds. The fourth-order valence-electron chi connectivity index (χ4n) is 1.90. The van der Waals surface area contributed by atoms with E-state index in [0.29, 0.717) is 0 Å². The second kappa shape index (κ2) is 6.52. The van der Waals surface area contributed by atoms with E-state index in [0.717, 1.165) is 0 Å². The number of aryl methyl sites for hydroxylation is 2. The SMILES string of the molecule is CCCCCC=Cc1cc(C)c(C)c(C)c1. The molecule has 88 valence electrons. The van der Waals surface area contributed by atoms with Gasteiger partial charge in [-0.05, 0) is 55.9 Å². The maximum Gasteiger partial charge on any atom is -0.0254 e. The normalized spacial score (nSPS) is 11.2. The lowest BCUT2D eigenvalue weighted by molar-refractivity contribution is 0.730. The largest absolute Gasteiger partial charge is 0.0839 e. The van der Waals surface area contributed by atoms with Crippen LogP contribution in [0.1, 0.15) is 54.9 Å². The Hall–Kier alpha value is -1.04. The molecule has 0 heteroatoms. The maximum atomic E-state index is 2.30. The van der Waals surface area contributed by atoms with E-state index in [9.17, 15) is 0 Å². The van der Waals surface area contributed by atoms with E-state index in [1.807, 2.05) is 0 Å². The van der Waals surface area contributed by atoms with Crippen LogP contribution >= 0.6 is 0 Å². The summed E-state index contributed by atoms with van der Waals surface area (Å²) >= 11 is 0. The molecule has 1 rings (SSSR count). The van der Waals surface area contributed by atoms with E-state index in [1.165, 1.54) is 47.9 Å². The van der Waals surface area contributed by atoms with E-state index in [-0.39, 0.29) is 0 Å². The van der Waals surface area contributed by atoms with Gasteiger partial charge in [-0.15, -0.1) is 0 Å². The summed E-state index contributed by atoms with van der Waals surface area (Å²) in [7, 11) is 0. The Bertz CT molecular complexity index is 335. The molecule has 0 heterocycles. The van der Waals surface area contributed by atoms with Gasteiger partial charge in [0.1, 0.15) is 0 Å². The minimum absolute atomic E-state index is 1.21. The Balaban J connectivity index is 2.60. The molecule has 0 bridgehead atoms. The van der Waals surface area contributed by atoms with Crippen LogP contribution < -0.4 is 0 Å². The van der Waals surface area contributed by atoms with Crippen molar-refractivity contribution in [3.8, 4) is 0 Å². The van der Waals surface area contributed by atoms with Crippen molar-refractivity contribution in [2.45, 2.75) is 53.4 Å². The van der Waals surface area contributed by atoms with Crippen molar-refractivity contribution in [3.05, 3.63) is 40.5 Å². The highest BCUT2D eigenvalue weighted by atomic mass is 14.0. The highest BCUT2D eigenvalue weighted by molar-refractivity contribution is 5.53. The van der Waals surface area contributed by atoms with Gasteiger partial charge < -0.3 is 0 Å². The Kier molecular flexibility index (Phi) is 5.31. The van der Waals surface area contributed by atoms with E-state index in [4.69, 9.17) is 0 Å². The van der Waals surface area contributed by atoms with Crippen molar-refractivity contribution < 1.29 is 0 Å². The molecule has 1 aromatic carbocycles. The Labute approximate surface area is 100 Å². The first-order chi connectivity index (χ1) is 7.65. The molecule has 0 aliphatic rings. The van der Waals surface area contributed by atoms with Gasteiger partial charge in [0.2, 0.25) is 0 Å². The lowest BCUT2D eigenvalue weighted by atomic mass is 10.0. The van der Waals surface area contributed by atoms with Crippen LogP contribution in [0, 0.1) is 20.8 Å². The topological polar surface area (TPSA) is 0 Å². The number of allylic oxidation sites excluding steroid dienone is 1. The maximum absolute atomic E-state index is 2.30. The fourth-order valence-corrected chi connectivity index (χ4v) is 1.90.